The van der Waals surface area contributed by atoms with Crippen molar-refractivity contribution in [2.45, 2.75) is 17.7 Å². The third kappa shape index (κ3) is 4.88. The Bertz CT molecular complexity index is 45.7. The minimum Gasteiger partial charge on any atom is -0.396 e. The highest BCUT2D eigenvalue weighted by atomic mass is 79.9. The van der Waals surface area contributed by atoms with E-state index in [1.54, 1.807) is 0 Å². The van der Waals surface area contributed by atoms with Crippen LogP contribution >= 0.6 is 27.5 Å². The summed E-state index contributed by atoms with van der Waals surface area (Å²) >= 11 is 8.77. The Labute approximate surface area is 63.2 Å². The highest BCUT2D eigenvalue weighted by Crippen LogP contribution is 2.09. The van der Waals surface area contributed by atoms with Crippen molar-refractivity contribution in [1.29, 1.82) is 0 Å². The lowest BCUT2D eigenvalue weighted by atomic mass is 10.3. The van der Waals surface area contributed by atoms with Crippen LogP contribution in [-0.4, -0.2) is 22.4 Å². The Morgan fingerprint density at radius 3 is 2.50 bits per heavy atom. The predicted octanol–water partition coefficient (Wildman–Crippen LogP) is 1.76. The molecule has 1 N–H and O–H groups in total. The van der Waals surface area contributed by atoms with Crippen LogP contribution in [0.15, 0.2) is 0 Å². The average molecular weight is 201 g/mol. The summed E-state index contributed by atoms with van der Waals surface area (Å²) in [6.45, 7) is 0.243. The minimum absolute atomic E-state index is 0.243. The summed E-state index contributed by atoms with van der Waals surface area (Å²) < 4.78 is 0. The van der Waals surface area contributed by atoms with E-state index in [9.17, 15) is 0 Å². The van der Waals surface area contributed by atoms with Crippen molar-refractivity contribution in [2.75, 3.05) is 12.5 Å². The van der Waals surface area contributed by atoms with Gasteiger partial charge in [-0.25, -0.2) is 0 Å². The molecule has 0 heterocycles. The third-order valence-corrected chi connectivity index (χ3v) is 2.00. The number of aliphatic hydroxyl groups excluding tert-OH is 1. The summed E-state index contributed by atoms with van der Waals surface area (Å²) in [6.07, 6.45) is 1.73. The van der Waals surface area contributed by atoms with Crippen molar-refractivity contribution in [3.63, 3.8) is 0 Å². The SMILES string of the molecule is OCCC(Br)CCCl. The first kappa shape index (κ1) is 8.73. The van der Waals surface area contributed by atoms with Gasteiger partial charge in [-0.3, -0.25) is 0 Å². The maximum atomic E-state index is 8.39. The maximum absolute atomic E-state index is 8.39. The van der Waals surface area contributed by atoms with Crippen LogP contribution in [0.2, 0.25) is 0 Å². The molecule has 1 nitrogen and oxygen atoms in total. The van der Waals surface area contributed by atoms with Gasteiger partial charge in [-0.1, -0.05) is 15.9 Å². The normalized spacial score (nSPS) is 13.9. The lowest BCUT2D eigenvalue weighted by Crippen LogP contribution is -2.00. The molecule has 0 fully saturated rings. The number of halogens is 2. The molecule has 0 saturated heterocycles. The molecular formula is C5H10BrClO. The summed E-state index contributed by atoms with van der Waals surface area (Å²) in [4.78, 5) is 0.394. The molecule has 0 aliphatic carbocycles. The Balaban J connectivity index is 2.92. The standard InChI is InChI=1S/C5H10BrClO/c6-5(1-3-7)2-4-8/h5,8H,1-4H2. The zero-order chi connectivity index (χ0) is 6.41. The highest BCUT2D eigenvalue weighted by molar-refractivity contribution is 9.09. The molecule has 0 amide bonds. The van der Waals surface area contributed by atoms with Gasteiger partial charge in [0.2, 0.25) is 0 Å². The van der Waals surface area contributed by atoms with Crippen LogP contribution < -0.4 is 0 Å². The maximum Gasteiger partial charge on any atom is 0.0441 e. The molecule has 0 aromatic rings. The predicted molar refractivity (Wildman–Crippen MR) is 39.8 cm³/mol. The van der Waals surface area contributed by atoms with E-state index in [0.29, 0.717) is 10.7 Å². The second kappa shape index (κ2) is 5.86. The number of hydrogen-bond acceptors (Lipinski definition) is 1. The van der Waals surface area contributed by atoms with Crippen molar-refractivity contribution in [1.82, 2.24) is 0 Å². The molecule has 0 rings (SSSR count). The van der Waals surface area contributed by atoms with E-state index >= 15 is 0 Å². The molecule has 0 saturated carbocycles. The van der Waals surface area contributed by atoms with Gasteiger partial charge in [-0.05, 0) is 12.8 Å². The van der Waals surface area contributed by atoms with Crippen LogP contribution in [0.3, 0.4) is 0 Å². The van der Waals surface area contributed by atoms with Gasteiger partial charge < -0.3 is 5.11 Å². The molecule has 8 heavy (non-hydrogen) atoms. The lowest BCUT2D eigenvalue weighted by Gasteiger charge is -2.02. The van der Waals surface area contributed by atoms with E-state index in [0.717, 1.165) is 12.8 Å². The molecule has 0 aromatic heterocycles. The number of alkyl halides is 2. The largest absolute Gasteiger partial charge is 0.396 e. The fourth-order valence-electron chi connectivity index (χ4n) is 0.403. The second-order valence-electron chi connectivity index (χ2n) is 1.59. The Hall–Kier alpha value is 0.730. The van der Waals surface area contributed by atoms with E-state index in [1.807, 2.05) is 0 Å². The summed E-state index contributed by atoms with van der Waals surface area (Å²) in [5, 5.41) is 8.39. The molecule has 1 atom stereocenters. The molecule has 0 aromatic carbocycles. The van der Waals surface area contributed by atoms with Crippen LogP contribution in [0.4, 0.5) is 0 Å². The van der Waals surface area contributed by atoms with Crippen molar-refractivity contribution in [3.8, 4) is 0 Å². The molecule has 0 bridgehead atoms. The highest BCUT2D eigenvalue weighted by Gasteiger charge is 1.99. The number of rotatable bonds is 4. The summed E-state index contributed by atoms with van der Waals surface area (Å²) in [6, 6.07) is 0. The van der Waals surface area contributed by atoms with E-state index in [1.165, 1.54) is 0 Å². The first-order valence-corrected chi connectivity index (χ1v) is 4.07. The number of aliphatic hydroxyl groups is 1. The quantitative estimate of drug-likeness (QED) is 0.687. The van der Waals surface area contributed by atoms with Crippen LogP contribution in [0.25, 0.3) is 0 Å². The van der Waals surface area contributed by atoms with Gasteiger partial charge >= 0.3 is 0 Å². The first-order chi connectivity index (χ1) is 3.81. The fourth-order valence-corrected chi connectivity index (χ4v) is 1.36. The lowest BCUT2D eigenvalue weighted by molar-refractivity contribution is 0.287. The zero-order valence-electron chi connectivity index (χ0n) is 4.61. The number of hydrogen-bond donors (Lipinski definition) is 1. The van der Waals surface area contributed by atoms with E-state index in [2.05, 4.69) is 15.9 Å². The molecule has 3 heteroatoms. The van der Waals surface area contributed by atoms with Crippen LogP contribution in [0.1, 0.15) is 12.8 Å². The minimum atomic E-state index is 0.243. The van der Waals surface area contributed by atoms with Crippen molar-refractivity contribution in [3.05, 3.63) is 0 Å². The molecule has 0 radical (unpaired) electrons. The molecule has 50 valence electrons. The van der Waals surface area contributed by atoms with E-state index in [-0.39, 0.29) is 6.61 Å². The van der Waals surface area contributed by atoms with E-state index in [4.69, 9.17) is 16.7 Å². The molecule has 0 spiro atoms. The van der Waals surface area contributed by atoms with E-state index < -0.39 is 0 Å². The second-order valence-corrected chi connectivity index (χ2v) is 3.26. The van der Waals surface area contributed by atoms with Gasteiger partial charge in [0, 0.05) is 17.3 Å². The van der Waals surface area contributed by atoms with Gasteiger partial charge in [0.1, 0.15) is 0 Å². The van der Waals surface area contributed by atoms with Crippen molar-refractivity contribution < 1.29 is 5.11 Å². The van der Waals surface area contributed by atoms with Crippen LogP contribution in [0, 0.1) is 0 Å². The molecule has 0 aliphatic rings. The third-order valence-electron chi connectivity index (χ3n) is 0.865. The van der Waals surface area contributed by atoms with Gasteiger partial charge in [0.25, 0.3) is 0 Å². The van der Waals surface area contributed by atoms with Gasteiger partial charge in [-0.2, -0.15) is 0 Å². The fraction of sp³-hybridized carbons (Fsp3) is 1.00. The smallest absolute Gasteiger partial charge is 0.0441 e. The Kier molecular flexibility index (Phi) is 6.39. The van der Waals surface area contributed by atoms with Crippen LogP contribution in [-0.2, 0) is 0 Å². The van der Waals surface area contributed by atoms with Crippen molar-refractivity contribution in [2.24, 2.45) is 0 Å². The first-order valence-electron chi connectivity index (χ1n) is 2.62. The molecule has 1 unspecified atom stereocenters. The van der Waals surface area contributed by atoms with Gasteiger partial charge in [0.15, 0.2) is 0 Å². The van der Waals surface area contributed by atoms with Gasteiger partial charge in [0.05, 0.1) is 0 Å². The van der Waals surface area contributed by atoms with Crippen LogP contribution in [0.5, 0.6) is 0 Å². The molecule has 0 aliphatic heterocycles. The monoisotopic (exact) mass is 200 g/mol. The zero-order valence-corrected chi connectivity index (χ0v) is 6.95. The summed E-state index contributed by atoms with van der Waals surface area (Å²) in [5.74, 6) is 0.663. The van der Waals surface area contributed by atoms with Crippen molar-refractivity contribution >= 4 is 27.5 Å². The topological polar surface area (TPSA) is 20.2 Å². The average Bonchev–Trinajstić information content (AvgIpc) is 1.68. The summed E-state index contributed by atoms with van der Waals surface area (Å²) in [7, 11) is 0. The Morgan fingerprint density at radius 2 is 2.12 bits per heavy atom. The van der Waals surface area contributed by atoms with Gasteiger partial charge in [-0.15, -0.1) is 11.6 Å². The molecular weight excluding hydrogens is 191 g/mol. The summed E-state index contributed by atoms with van der Waals surface area (Å²) in [5.41, 5.74) is 0. The Morgan fingerprint density at radius 1 is 1.50 bits per heavy atom.